The molecule has 1 aromatic carbocycles. The molecule has 0 radical (unpaired) electrons. The molecule has 1 saturated heterocycles. The van der Waals surface area contributed by atoms with Gasteiger partial charge in [0.2, 0.25) is 11.8 Å². The molecule has 2 aromatic rings. The molecule has 0 atom stereocenters. The molecule has 0 aliphatic carbocycles. The van der Waals surface area contributed by atoms with Crippen LogP contribution in [0, 0.1) is 0 Å². The van der Waals surface area contributed by atoms with Crippen molar-refractivity contribution in [3.8, 4) is 5.88 Å². The maximum absolute atomic E-state index is 12.8. The zero-order valence-electron chi connectivity index (χ0n) is 14.6. The third-order valence-corrected chi connectivity index (χ3v) is 4.15. The van der Waals surface area contributed by atoms with Crippen molar-refractivity contribution in [1.29, 1.82) is 0 Å². The topological polar surface area (TPSA) is 91.2 Å². The van der Waals surface area contributed by atoms with Crippen LogP contribution in [0.4, 0.5) is 5.95 Å². The van der Waals surface area contributed by atoms with Gasteiger partial charge in [-0.15, -0.1) is 0 Å². The highest BCUT2D eigenvalue weighted by Crippen LogP contribution is 2.17. The summed E-state index contributed by atoms with van der Waals surface area (Å²) >= 11 is 0. The van der Waals surface area contributed by atoms with E-state index in [0.717, 1.165) is 0 Å². The SMILES string of the molecule is CCOc1ccnc(N2CCN(C(=O)c3ccccc3C=NO)CC2)n1. The molecular formula is C18H21N5O3. The van der Waals surface area contributed by atoms with E-state index in [9.17, 15) is 4.79 Å². The summed E-state index contributed by atoms with van der Waals surface area (Å²) < 4.78 is 5.42. The maximum Gasteiger partial charge on any atom is 0.254 e. The van der Waals surface area contributed by atoms with E-state index in [4.69, 9.17) is 9.94 Å². The van der Waals surface area contributed by atoms with E-state index in [1.54, 1.807) is 41.4 Å². The number of benzene rings is 1. The van der Waals surface area contributed by atoms with Crippen LogP contribution in [0.5, 0.6) is 5.88 Å². The van der Waals surface area contributed by atoms with E-state index in [1.807, 2.05) is 11.8 Å². The van der Waals surface area contributed by atoms with Gasteiger partial charge >= 0.3 is 0 Å². The number of hydrogen-bond acceptors (Lipinski definition) is 7. The van der Waals surface area contributed by atoms with Crippen LogP contribution in [-0.2, 0) is 0 Å². The quantitative estimate of drug-likeness (QED) is 0.498. The van der Waals surface area contributed by atoms with Gasteiger partial charge in [-0.2, -0.15) is 4.98 Å². The standard InChI is InChI=1S/C18H21N5O3/c1-2-26-16-7-8-19-18(21-16)23-11-9-22(10-12-23)17(24)15-6-4-3-5-14(15)13-20-25/h3-8,13,25H,2,9-12H2,1H3. The average molecular weight is 355 g/mol. The summed E-state index contributed by atoms with van der Waals surface area (Å²) in [6, 6.07) is 8.81. The van der Waals surface area contributed by atoms with Gasteiger partial charge in [-0.3, -0.25) is 4.79 Å². The number of carbonyl (C=O) groups is 1. The molecule has 8 heteroatoms. The first-order valence-electron chi connectivity index (χ1n) is 8.49. The van der Waals surface area contributed by atoms with E-state index >= 15 is 0 Å². The molecule has 2 heterocycles. The van der Waals surface area contributed by atoms with Gasteiger partial charge in [0.05, 0.1) is 12.8 Å². The highest BCUT2D eigenvalue weighted by atomic mass is 16.5. The van der Waals surface area contributed by atoms with Crippen LogP contribution in [-0.4, -0.2) is 65.0 Å². The minimum Gasteiger partial charge on any atom is -0.478 e. The number of ether oxygens (including phenoxy) is 1. The van der Waals surface area contributed by atoms with Crippen LogP contribution < -0.4 is 9.64 Å². The number of carbonyl (C=O) groups excluding carboxylic acids is 1. The Kier molecular flexibility index (Phi) is 5.62. The van der Waals surface area contributed by atoms with E-state index < -0.39 is 0 Å². The molecule has 0 spiro atoms. The molecule has 0 unspecified atom stereocenters. The second-order valence-electron chi connectivity index (χ2n) is 5.74. The second-order valence-corrected chi connectivity index (χ2v) is 5.74. The molecule has 8 nitrogen and oxygen atoms in total. The van der Waals surface area contributed by atoms with Gasteiger partial charge < -0.3 is 19.7 Å². The lowest BCUT2D eigenvalue weighted by atomic mass is 10.1. The first kappa shape index (κ1) is 17.7. The fourth-order valence-corrected chi connectivity index (χ4v) is 2.86. The Morgan fingerprint density at radius 3 is 2.77 bits per heavy atom. The van der Waals surface area contributed by atoms with Crippen molar-refractivity contribution in [2.24, 2.45) is 5.16 Å². The van der Waals surface area contributed by atoms with Crippen LogP contribution >= 0.6 is 0 Å². The fraction of sp³-hybridized carbons (Fsp3) is 0.333. The Morgan fingerprint density at radius 1 is 1.27 bits per heavy atom. The number of oxime groups is 1. The summed E-state index contributed by atoms with van der Waals surface area (Å²) in [5.41, 5.74) is 1.11. The van der Waals surface area contributed by atoms with Crippen molar-refractivity contribution in [1.82, 2.24) is 14.9 Å². The summed E-state index contributed by atoms with van der Waals surface area (Å²) in [7, 11) is 0. The van der Waals surface area contributed by atoms with Crippen LogP contribution in [0.3, 0.4) is 0 Å². The summed E-state index contributed by atoms with van der Waals surface area (Å²) in [6.07, 6.45) is 2.95. The highest BCUT2D eigenvalue weighted by molar-refractivity contribution is 6.02. The normalized spacial score (nSPS) is 14.7. The van der Waals surface area contributed by atoms with Crippen molar-refractivity contribution in [3.63, 3.8) is 0 Å². The first-order chi connectivity index (χ1) is 12.7. The smallest absolute Gasteiger partial charge is 0.254 e. The third kappa shape index (κ3) is 3.90. The number of piperazine rings is 1. The summed E-state index contributed by atoms with van der Waals surface area (Å²) in [4.78, 5) is 25.3. The van der Waals surface area contributed by atoms with Gasteiger partial charge in [0.1, 0.15) is 0 Å². The number of rotatable bonds is 5. The molecule has 26 heavy (non-hydrogen) atoms. The van der Waals surface area contributed by atoms with Crippen LogP contribution in [0.2, 0.25) is 0 Å². The summed E-state index contributed by atoms with van der Waals surface area (Å²) in [6.45, 7) is 4.85. The predicted molar refractivity (Wildman–Crippen MR) is 97.1 cm³/mol. The van der Waals surface area contributed by atoms with Crippen molar-refractivity contribution in [3.05, 3.63) is 47.7 Å². The first-order valence-corrected chi connectivity index (χ1v) is 8.49. The van der Waals surface area contributed by atoms with Gasteiger partial charge in [-0.25, -0.2) is 4.98 Å². The van der Waals surface area contributed by atoms with Crippen molar-refractivity contribution in [2.75, 3.05) is 37.7 Å². The molecule has 1 amide bonds. The molecule has 1 aromatic heterocycles. The Morgan fingerprint density at radius 2 is 2.04 bits per heavy atom. The monoisotopic (exact) mass is 355 g/mol. The summed E-state index contributed by atoms with van der Waals surface area (Å²) in [5, 5.41) is 11.8. The van der Waals surface area contributed by atoms with Crippen molar-refractivity contribution >= 4 is 18.1 Å². The highest BCUT2D eigenvalue weighted by Gasteiger charge is 2.24. The van der Waals surface area contributed by atoms with Gasteiger partial charge in [-0.1, -0.05) is 23.4 Å². The molecule has 1 aliphatic rings. The Balaban J connectivity index is 1.67. The third-order valence-electron chi connectivity index (χ3n) is 4.15. The van der Waals surface area contributed by atoms with E-state index in [1.165, 1.54) is 6.21 Å². The number of nitrogens with zero attached hydrogens (tertiary/aromatic N) is 5. The number of aromatic nitrogens is 2. The van der Waals surface area contributed by atoms with Crippen LogP contribution in [0.25, 0.3) is 0 Å². The average Bonchev–Trinajstić information content (AvgIpc) is 2.69. The lowest BCUT2D eigenvalue weighted by molar-refractivity contribution is 0.0746. The zero-order chi connectivity index (χ0) is 18.4. The van der Waals surface area contributed by atoms with Gasteiger partial charge in [-0.05, 0) is 13.0 Å². The van der Waals surface area contributed by atoms with Crippen LogP contribution in [0.1, 0.15) is 22.8 Å². The summed E-state index contributed by atoms with van der Waals surface area (Å²) in [5.74, 6) is 1.08. The van der Waals surface area contributed by atoms with Gasteiger partial charge in [0, 0.05) is 49.6 Å². The van der Waals surface area contributed by atoms with E-state index in [2.05, 4.69) is 15.1 Å². The van der Waals surface area contributed by atoms with Gasteiger partial charge in [0.25, 0.3) is 5.91 Å². The van der Waals surface area contributed by atoms with Crippen molar-refractivity contribution < 1.29 is 14.7 Å². The lowest BCUT2D eigenvalue weighted by Gasteiger charge is -2.35. The molecule has 1 fully saturated rings. The second kappa shape index (κ2) is 8.28. The zero-order valence-corrected chi connectivity index (χ0v) is 14.6. The Labute approximate surface area is 151 Å². The fourth-order valence-electron chi connectivity index (χ4n) is 2.86. The molecule has 1 N–H and O–H groups in total. The Bertz CT molecular complexity index is 788. The number of amides is 1. The molecule has 0 bridgehead atoms. The Hall–Kier alpha value is -3.16. The number of hydrogen-bond donors (Lipinski definition) is 1. The molecular weight excluding hydrogens is 334 g/mol. The van der Waals surface area contributed by atoms with E-state index in [-0.39, 0.29) is 5.91 Å². The van der Waals surface area contributed by atoms with E-state index in [0.29, 0.717) is 55.7 Å². The maximum atomic E-state index is 12.8. The van der Waals surface area contributed by atoms with Gasteiger partial charge in [0.15, 0.2) is 0 Å². The predicted octanol–water partition coefficient (Wildman–Crippen LogP) is 1.65. The molecule has 136 valence electrons. The lowest BCUT2D eigenvalue weighted by Crippen LogP contribution is -2.49. The van der Waals surface area contributed by atoms with Crippen molar-refractivity contribution in [2.45, 2.75) is 6.92 Å². The minimum absolute atomic E-state index is 0.0795. The minimum atomic E-state index is -0.0795. The number of anilines is 1. The van der Waals surface area contributed by atoms with Crippen LogP contribution in [0.15, 0.2) is 41.7 Å². The largest absolute Gasteiger partial charge is 0.478 e. The molecule has 0 saturated carbocycles. The molecule has 3 rings (SSSR count). The molecule has 1 aliphatic heterocycles.